The van der Waals surface area contributed by atoms with Crippen molar-refractivity contribution in [3.8, 4) is 0 Å². The first-order valence-corrected chi connectivity index (χ1v) is 8.33. The Labute approximate surface area is 120 Å². The van der Waals surface area contributed by atoms with E-state index in [1.807, 2.05) is 17.1 Å². The number of thiophene rings is 1. The highest BCUT2D eigenvalue weighted by Gasteiger charge is 2.25. The molecule has 0 aliphatic carbocycles. The highest BCUT2D eigenvalue weighted by Crippen LogP contribution is 2.26. The van der Waals surface area contributed by atoms with Crippen LogP contribution in [0.4, 0.5) is 0 Å². The van der Waals surface area contributed by atoms with Crippen LogP contribution in [0.2, 0.25) is 0 Å². The van der Waals surface area contributed by atoms with Gasteiger partial charge in [0.25, 0.3) is 0 Å². The van der Waals surface area contributed by atoms with Gasteiger partial charge in [-0.25, -0.2) is 4.79 Å². The van der Waals surface area contributed by atoms with E-state index in [9.17, 15) is 14.7 Å². The van der Waals surface area contributed by atoms with E-state index in [-0.39, 0.29) is 5.91 Å². The predicted octanol–water partition coefficient (Wildman–Crippen LogP) is 2.52. The zero-order valence-electron chi connectivity index (χ0n) is 10.5. The van der Waals surface area contributed by atoms with E-state index in [1.54, 1.807) is 12.1 Å². The molecule has 1 aliphatic rings. The van der Waals surface area contributed by atoms with Crippen molar-refractivity contribution in [3.05, 3.63) is 22.4 Å². The fourth-order valence-corrected chi connectivity index (χ4v) is 4.11. The number of carbonyl (C=O) groups excluding carboxylic acids is 1. The first-order chi connectivity index (χ1) is 9.16. The first kappa shape index (κ1) is 14.4. The molecule has 19 heavy (non-hydrogen) atoms. The van der Waals surface area contributed by atoms with Gasteiger partial charge in [0.2, 0.25) is 5.91 Å². The van der Waals surface area contributed by atoms with Gasteiger partial charge < -0.3 is 10.4 Å². The number of hydrogen-bond donors (Lipinski definition) is 2. The molecule has 104 valence electrons. The van der Waals surface area contributed by atoms with E-state index in [4.69, 9.17) is 0 Å². The number of thioether (sulfide) groups is 1. The smallest absolute Gasteiger partial charge is 0.331 e. The van der Waals surface area contributed by atoms with Crippen LogP contribution in [0.1, 0.15) is 30.2 Å². The highest BCUT2D eigenvalue weighted by molar-refractivity contribution is 7.99. The monoisotopic (exact) mass is 299 g/mol. The van der Waals surface area contributed by atoms with E-state index >= 15 is 0 Å². The topological polar surface area (TPSA) is 66.4 Å². The number of carboxylic acid groups (broad SMARTS) is 1. The van der Waals surface area contributed by atoms with Crippen LogP contribution in [-0.4, -0.2) is 28.5 Å². The Bertz CT molecular complexity index is 427. The lowest BCUT2D eigenvalue weighted by Crippen LogP contribution is -2.34. The highest BCUT2D eigenvalue weighted by atomic mass is 32.2. The molecule has 1 aromatic rings. The zero-order valence-corrected chi connectivity index (χ0v) is 12.1. The Morgan fingerprint density at radius 1 is 1.42 bits per heavy atom. The predicted molar refractivity (Wildman–Crippen MR) is 77.5 cm³/mol. The molecule has 2 heterocycles. The summed E-state index contributed by atoms with van der Waals surface area (Å²) in [6.07, 6.45) is 2.54. The van der Waals surface area contributed by atoms with Crippen molar-refractivity contribution in [3.63, 3.8) is 0 Å². The molecule has 0 aromatic carbocycles. The summed E-state index contributed by atoms with van der Waals surface area (Å²) in [6.45, 7) is 0. The van der Waals surface area contributed by atoms with Crippen LogP contribution >= 0.6 is 23.1 Å². The van der Waals surface area contributed by atoms with Gasteiger partial charge in [-0.3, -0.25) is 4.79 Å². The minimum absolute atomic E-state index is 0.155. The summed E-state index contributed by atoms with van der Waals surface area (Å²) in [6, 6.07) is 2.62. The van der Waals surface area contributed by atoms with Crippen LogP contribution in [0.25, 0.3) is 0 Å². The molecule has 1 aromatic heterocycles. The summed E-state index contributed by atoms with van der Waals surface area (Å²) in [5.41, 5.74) is 0. The Morgan fingerprint density at radius 3 is 2.74 bits per heavy atom. The van der Waals surface area contributed by atoms with Gasteiger partial charge in [-0.2, -0.15) is 11.8 Å². The molecular weight excluding hydrogens is 282 g/mol. The van der Waals surface area contributed by atoms with Gasteiger partial charge in [0.1, 0.15) is 0 Å². The number of aliphatic carboxylic acids is 1. The van der Waals surface area contributed by atoms with Crippen molar-refractivity contribution in [2.45, 2.75) is 25.3 Å². The minimum atomic E-state index is -1.00. The van der Waals surface area contributed by atoms with E-state index in [0.717, 1.165) is 24.3 Å². The van der Waals surface area contributed by atoms with Crippen LogP contribution in [0.15, 0.2) is 17.5 Å². The lowest BCUT2D eigenvalue weighted by Gasteiger charge is -2.21. The van der Waals surface area contributed by atoms with Gasteiger partial charge in [-0.15, -0.1) is 11.3 Å². The summed E-state index contributed by atoms with van der Waals surface area (Å²) in [5, 5.41) is 13.6. The Morgan fingerprint density at radius 2 is 2.16 bits per heavy atom. The van der Waals surface area contributed by atoms with E-state index in [0.29, 0.717) is 17.2 Å². The third-order valence-corrected chi connectivity index (χ3v) is 5.18. The third kappa shape index (κ3) is 4.24. The molecule has 1 amide bonds. The summed E-state index contributed by atoms with van der Waals surface area (Å²) < 4.78 is 0. The maximum absolute atomic E-state index is 11.9. The van der Waals surface area contributed by atoms with Gasteiger partial charge in [0.15, 0.2) is 6.04 Å². The van der Waals surface area contributed by atoms with Crippen LogP contribution in [-0.2, 0) is 9.59 Å². The molecular formula is C13H17NO3S2. The van der Waals surface area contributed by atoms with Crippen molar-refractivity contribution >= 4 is 35.0 Å². The average molecular weight is 299 g/mol. The fraction of sp³-hybridized carbons (Fsp3) is 0.538. The van der Waals surface area contributed by atoms with Gasteiger partial charge in [0.05, 0.1) is 0 Å². The quantitative estimate of drug-likeness (QED) is 0.877. The van der Waals surface area contributed by atoms with Crippen molar-refractivity contribution < 1.29 is 14.7 Å². The third-order valence-electron chi connectivity index (χ3n) is 3.19. The summed E-state index contributed by atoms with van der Waals surface area (Å²) in [5.74, 6) is 1.45. The SMILES string of the molecule is O=C(CC1CCSCC1)NC(C(=O)O)c1cccs1. The number of amides is 1. The Hall–Kier alpha value is -1.01. The van der Waals surface area contributed by atoms with Crippen molar-refractivity contribution in [1.29, 1.82) is 0 Å². The van der Waals surface area contributed by atoms with Crippen LogP contribution < -0.4 is 5.32 Å². The largest absolute Gasteiger partial charge is 0.479 e. The maximum atomic E-state index is 11.9. The molecule has 0 radical (unpaired) electrons. The molecule has 1 saturated heterocycles. The summed E-state index contributed by atoms with van der Waals surface area (Å²) in [4.78, 5) is 23.8. The van der Waals surface area contributed by atoms with Gasteiger partial charge in [0, 0.05) is 11.3 Å². The Balaban J connectivity index is 1.90. The van der Waals surface area contributed by atoms with E-state index in [1.165, 1.54) is 11.3 Å². The second-order valence-corrected chi connectivity index (χ2v) is 6.82. The number of carboxylic acids is 1. The number of carbonyl (C=O) groups is 2. The molecule has 0 bridgehead atoms. The molecule has 6 heteroatoms. The van der Waals surface area contributed by atoms with E-state index < -0.39 is 12.0 Å². The minimum Gasteiger partial charge on any atom is -0.479 e. The van der Waals surface area contributed by atoms with Gasteiger partial charge >= 0.3 is 5.97 Å². The summed E-state index contributed by atoms with van der Waals surface area (Å²) in [7, 11) is 0. The molecule has 0 saturated carbocycles. The average Bonchev–Trinajstić information content (AvgIpc) is 2.90. The van der Waals surface area contributed by atoms with E-state index in [2.05, 4.69) is 5.32 Å². The van der Waals surface area contributed by atoms with Crippen molar-refractivity contribution in [2.24, 2.45) is 5.92 Å². The second kappa shape index (κ2) is 6.96. The van der Waals surface area contributed by atoms with Crippen molar-refractivity contribution in [2.75, 3.05) is 11.5 Å². The normalized spacial score (nSPS) is 17.9. The molecule has 1 aliphatic heterocycles. The number of hydrogen-bond acceptors (Lipinski definition) is 4. The van der Waals surface area contributed by atoms with Gasteiger partial charge in [-0.1, -0.05) is 6.07 Å². The molecule has 0 spiro atoms. The lowest BCUT2D eigenvalue weighted by atomic mass is 9.98. The zero-order chi connectivity index (χ0) is 13.7. The second-order valence-electron chi connectivity index (χ2n) is 4.61. The summed E-state index contributed by atoms with van der Waals surface area (Å²) >= 11 is 3.27. The molecule has 1 fully saturated rings. The fourth-order valence-electron chi connectivity index (χ4n) is 2.14. The Kier molecular flexibility index (Phi) is 5.27. The molecule has 4 nitrogen and oxygen atoms in total. The molecule has 2 N–H and O–H groups in total. The molecule has 1 atom stereocenters. The standard InChI is InChI=1S/C13H17NO3S2/c15-11(8-9-3-6-18-7-4-9)14-12(13(16)17)10-2-1-5-19-10/h1-2,5,9,12H,3-4,6-8H2,(H,14,15)(H,16,17). The van der Waals surface area contributed by atoms with Crippen LogP contribution in [0, 0.1) is 5.92 Å². The van der Waals surface area contributed by atoms with Crippen LogP contribution in [0.3, 0.4) is 0 Å². The first-order valence-electron chi connectivity index (χ1n) is 6.30. The number of nitrogens with one attached hydrogen (secondary N) is 1. The maximum Gasteiger partial charge on any atom is 0.331 e. The number of rotatable bonds is 5. The van der Waals surface area contributed by atoms with Gasteiger partial charge in [-0.05, 0) is 41.7 Å². The lowest BCUT2D eigenvalue weighted by molar-refractivity contribution is -0.142. The molecule has 1 unspecified atom stereocenters. The van der Waals surface area contributed by atoms with Crippen LogP contribution in [0.5, 0.6) is 0 Å². The molecule has 2 rings (SSSR count). The van der Waals surface area contributed by atoms with Crippen molar-refractivity contribution in [1.82, 2.24) is 5.32 Å².